The third kappa shape index (κ3) is 4.59. The van der Waals surface area contributed by atoms with Crippen LogP contribution in [0.5, 0.6) is 0 Å². The van der Waals surface area contributed by atoms with E-state index < -0.39 is 9.84 Å². The number of hydrogen-bond acceptors (Lipinski definition) is 3. The maximum absolute atomic E-state index is 11.4. The van der Waals surface area contributed by atoms with Gasteiger partial charge in [-0.15, -0.1) is 0 Å². The molecule has 1 aromatic carbocycles. The first-order valence-electron chi connectivity index (χ1n) is 6.08. The highest BCUT2D eigenvalue weighted by Gasteiger charge is 2.11. The van der Waals surface area contributed by atoms with Gasteiger partial charge in [0.2, 0.25) is 0 Å². The minimum absolute atomic E-state index is 0.131. The van der Waals surface area contributed by atoms with Crippen molar-refractivity contribution in [3.63, 3.8) is 0 Å². The van der Waals surface area contributed by atoms with Crippen LogP contribution < -0.4 is 5.73 Å². The van der Waals surface area contributed by atoms with Crippen LogP contribution in [0.25, 0.3) is 0 Å². The summed E-state index contributed by atoms with van der Waals surface area (Å²) in [4.78, 5) is 0. The van der Waals surface area contributed by atoms with E-state index in [0.717, 1.165) is 16.1 Å². The lowest BCUT2D eigenvalue weighted by Crippen LogP contribution is -2.14. The second-order valence-electron chi connectivity index (χ2n) is 4.49. The van der Waals surface area contributed by atoms with Crippen LogP contribution in [0.4, 0.5) is 0 Å². The molecule has 0 saturated carbocycles. The molecule has 1 unspecified atom stereocenters. The molecule has 3 nitrogen and oxygen atoms in total. The Morgan fingerprint density at radius 3 is 2.61 bits per heavy atom. The summed E-state index contributed by atoms with van der Waals surface area (Å²) < 4.78 is 22.7. The van der Waals surface area contributed by atoms with Gasteiger partial charge in [0.1, 0.15) is 9.84 Å². The van der Waals surface area contributed by atoms with Crippen LogP contribution in [0.3, 0.4) is 0 Å². The van der Waals surface area contributed by atoms with Crippen LogP contribution in [0, 0.1) is 6.92 Å². The van der Waals surface area contributed by atoms with Crippen molar-refractivity contribution in [2.75, 3.05) is 11.5 Å². The summed E-state index contributed by atoms with van der Waals surface area (Å²) in [7, 11) is -2.89. The van der Waals surface area contributed by atoms with Gasteiger partial charge in [-0.25, -0.2) is 8.42 Å². The van der Waals surface area contributed by atoms with Crippen LogP contribution in [0.1, 0.15) is 36.9 Å². The molecule has 0 radical (unpaired) electrons. The minimum Gasteiger partial charge on any atom is -0.324 e. The summed E-state index contributed by atoms with van der Waals surface area (Å²) in [6.07, 6.45) is 1.26. The topological polar surface area (TPSA) is 60.2 Å². The van der Waals surface area contributed by atoms with Crippen molar-refractivity contribution in [3.8, 4) is 0 Å². The second kappa shape index (κ2) is 6.55. The molecule has 18 heavy (non-hydrogen) atoms. The van der Waals surface area contributed by atoms with Crippen molar-refractivity contribution in [1.29, 1.82) is 0 Å². The van der Waals surface area contributed by atoms with Crippen LogP contribution in [0.15, 0.2) is 18.2 Å². The fraction of sp³-hybridized carbons (Fsp3) is 0.538. The van der Waals surface area contributed by atoms with Gasteiger partial charge in [0.15, 0.2) is 0 Å². The normalized spacial score (nSPS) is 13.6. The fourth-order valence-electron chi connectivity index (χ4n) is 1.73. The van der Waals surface area contributed by atoms with E-state index in [1.165, 1.54) is 0 Å². The number of sulfone groups is 1. The lowest BCUT2D eigenvalue weighted by Gasteiger charge is -2.13. The summed E-state index contributed by atoms with van der Waals surface area (Å²) in [5.41, 5.74) is 8.04. The van der Waals surface area contributed by atoms with Gasteiger partial charge in [0, 0.05) is 16.8 Å². The van der Waals surface area contributed by atoms with E-state index in [2.05, 4.69) is 0 Å². The molecule has 0 aromatic heterocycles. The lowest BCUT2D eigenvalue weighted by atomic mass is 10.0. The average molecular weight is 290 g/mol. The number of benzene rings is 1. The molecule has 0 aliphatic rings. The molecule has 0 spiro atoms. The van der Waals surface area contributed by atoms with Crippen LogP contribution >= 0.6 is 11.6 Å². The molecule has 102 valence electrons. The summed E-state index contributed by atoms with van der Waals surface area (Å²) >= 11 is 5.95. The standard InChI is InChI=1S/C13H20ClNO2S/c1-3-18(16,17)8-4-5-13(15)11-6-7-12(14)10(2)9-11/h6-7,9,13H,3-5,8,15H2,1-2H3. The van der Waals surface area contributed by atoms with Crippen molar-refractivity contribution in [3.05, 3.63) is 34.3 Å². The molecule has 0 amide bonds. The molecule has 1 aromatic rings. The van der Waals surface area contributed by atoms with Gasteiger partial charge in [-0.2, -0.15) is 0 Å². The molecule has 5 heteroatoms. The summed E-state index contributed by atoms with van der Waals surface area (Å²) in [5, 5.41) is 0.722. The predicted molar refractivity (Wildman–Crippen MR) is 76.7 cm³/mol. The zero-order valence-corrected chi connectivity index (χ0v) is 12.4. The Labute approximate surface area is 114 Å². The molecular formula is C13H20ClNO2S. The van der Waals surface area contributed by atoms with Crippen molar-refractivity contribution in [1.82, 2.24) is 0 Å². The highest BCUT2D eigenvalue weighted by molar-refractivity contribution is 7.91. The Morgan fingerprint density at radius 1 is 1.39 bits per heavy atom. The van der Waals surface area contributed by atoms with E-state index in [1.807, 2.05) is 25.1 Å². The molecule has 0 heterocycles. The van der Waals surface area contributed by atoms with E-state index in [4.69, 9.17) is 17.3 Å². The second-order valence-corrected chi connectivity index (χ2v) is 7.37. The summed E-state index contributed by atoms with van der Waals surface area (Å²) in [5.74, 6) is 0.409. The van der Waals surface area contributed by atoms with Gasteiger partial charge in [0.25, 0.3) is 0 Å². The van der Waals surface area contributed by atoms with Gasteiger partial charge in [-0.05, 0) is 37.0 Å². The van der Waals surface area contributed by atoms with Crippen molar-refractivity contribution in [2.24, 2.45) is 5.73 Å². The average Bonchev–Trinajstić information content (AvgIpc) is 2.32. The van der Waals surface area contributed by atoms with Crippen LogP contribution in [0.2, 0.25) is 5.02 Å². The predicted octanol–water partition coefficient (Wildman–Crippen LogP) is 2.86. The SMILES string of the molecule is CCS(=O)(=O)CCCC(N)c1ccc(Cl)c(C)c1. The zero-order valence-electron chi connectivity index (χ0n) is 10.8. The maximum Gasteiger partial charge on any atom is 0.150 e. The Morgan fingerprint density at radius 2 is 2.06 bits per heavy atom. The van der Waals surface area contributed by atoms with E-state index >= 15 is 0 Å². The van der Waals surface area contributed by atoms with E-state index in [0.29, 0.717) is 12.8 Å². The highest BCUT2D eigenvalue weighted by atomic mass is 35.5. The molecule has 0 bridgehead atoms. The van der Waals surface area contributed by atoms with E-state index in [9.17, 15) is 8.42 Å². The maximum atomic E-state index is 11.4. The first kappa shape index (κ1) is 15.5. The molecular weight excluding hydrogens is 270 g/mol. The Hall–Kier alpha value is -0.580. The third-order valence-electron chi connectivity index (χ3n) is 3.02. The quantitative estimate of drug-likeness (QED) is 0.876. The molecule has 0 aliphatic carbocycles. The molecule has 1 rings (SSSR count). The Kier molecular flexibility index (Phi) is 5.63. The number of aryl methyl sites for hydroxylation is 1. The molecule has 1 atom stereocenters. The van der Waals surface area contributed by atoms with Gasteiger partial charge in [-0.1, -0.05) is 30.7 Å². The van der Waals surface area contributed by atoms with Crippen molar-refractivity contribution < 1.29 is 8.42 Å². The lowest BCUT2D eigenvalue weighted by molar-refractivity contribution is 0.584. The molecule has 2 N–H and O–H groups in total. The monoisotopic (exact) mass is 289 g/mol. The Balaban J connectivity index is 2.55. The van der Waals surface area contributed by atoms with Gasteiger partial charge in [0.05, 0.1) is 5.75 Å². The largest absolute Gasteiger partial charge is 0.324 e. The summed E-state index contributed by atoms with van der Waals surface area (Å²) in [6, 6.07) is 5.55. The van der Waals surface area contributed by atoms with E-state index in [-0.39, 0.29) is 17.5 Å². The molecule has 0 aliphatic heterocycles. The first-order valence-corrected chi connectivity index (χ1v) is 8.27. The number of hydrogen-bond donors (Lipinski definition) is 1. The van der Waals surface area contributed by atoms with Gasteiger partial charge >= 0.3 is 0 Å². The third-order valence-corrected chi connectivity index (χ3v) is 5.23. The molecule has 0 fully saturated rings. The highest BCUT2D eigenvalue weighted by Crippen LogP contribution is 2.22. The van der Waals surface area contributed by atoms with Crippen molar-refractivity contribution >= 4 is 21.4 Å². The van der Waals surface area contributed by atoms with Crippen molar-refractivity contribution in [2.45, 2.75) is 32.7 Å². The smallest absolute Gasteiger partial charge is 0.150 e. The zero-order chi connectivity index (χ0) is 13.8. The van der Waals surface area contributed by atoms with Gasteiger partial charge in [-0.3, -0.25) is 0 Å². The van der Waals surface area contributed by atoms with Crippen LogP contribution in [-0.4, -0.2) is 19.9 Å². The minimum atomic E-state index is -2.89. The Bertz CT molecular complexity index is 500. The number of nitrogens with two attached hydrogens (primary N) is 1. The first-order chi connectivity index (χ1) is 8.35. The molecule has 0 saturated heterocycles. The number of rotatable bonds is 6. The van der Waals surface area contributed by atoms with Gasteiger partial charge < -0.3 is 5.73 Å². The number of halogens is 1. The van der Waals surface area contributed by atoms with E-state index in [1.54, 1.807) is 6.92 Å². The summed E-state index contributed by atoms with van der Waals surface area (Å²) in [6.45, 7) is 3.60. The van der Waals surface area contributed by atoms with Crippen LogP contribution in [-0.2, 0) is 9.84 Å². The fourth-order valence-corrected chi connectivity index (χ4v) is 2.75.